The smallest absolute Gasteiger partial charge is 0.220 e. The number of nitrogens with one attached hydrogen (secondary N) is 1. The Labute approximate surface area is 133 Å². The fraction of sp³-hybridized carbons (Fsp3) is 0.375. The van der Waals surface area contributed by atoms with Crippen molar-refractivity contribution in [3.63, 3.8) is 0 Å². The predicted octanol–water partition coefficient (Wildman–Crippen LogP) is 2.42. The zero-order valence-corrected chi connectivity index (χ0v) is 12.7. The van der Waals surface area contributed by atoms with Crippen molar-refractivity contribution in [3.05, 3.63) is 30.2 Å². The first kappa shape index (κ1) is 14.0. The molecule has 2 heterocycles. The van der Waals surface area contributed by atoms with Gasteiger partial charge in [0.05, 0.1) is 5.52 Å². The minimum absolute atomic E-state index is 0.198. The van der Waals surface area contributed by atoms with Gasteiger partial charge in [-0.1, -0.05) is 6.42 Å². The summed E-state index contributed by atoms with van der Waals surface area (Å²) in [4.78, 5) is 13.5. The van der Waals surface area contributed by atoms with Crippen LogP contribution in [0.15, 0.2) is 34.4 Å². The van der Waals surface area contributed by atoms with Gasteiger partial charge >= 0.3 is 0 Å². The van der Waals surface area contributed by atoms with Crippen LogP contribution in [0.3, 0.4) is 0 Å². The van der Waals surface area contributed by atoms with Crippen LogP contribution in [-0.2, 0) is 0 Å². The Kier molecular flexibility index (Phi) is 3.04. The largest absolute Gasteiger partial charge is 0.369 e. The Morgan fingerprint density at radius 1 is 1.17 bits per heavy atom. The zero-order chi connectivity index (χ0) is 16.0. The standard InChI is InChI=1S/C16H19FN6/c17-12-9-11(8-10-4-7-20-13(10)12)23-15(19)21-14(18)22-16(23)5-2-1-3-6-16/h4,7-9,20H,1-3,5-6H2,(H4,18,19,21,22). The van der Waals surface area contributed by atoms with Crippen LogP contribution in [-0.4, -0.2) is 22.6 Å². The van der Waals surface area contributed by atoms with E-state index in [0.717, 1.165) is 37.5 Å². The molecular formula is C16H19FN6. The van der Waals surface area contributed by atoms with E-state index in [1.807, 2.05) is 17.0 Å². The summed E-state index contributed by atoms with van der Waals surface area (Å²) in [6, 6.07) is 5.23. The average Bonchev–Trinajstić information content (AvgIpc) is 2.96. The van der Waals surface area contributed by atoms with Gasteiger partial charge in [-0.2, -0.15) is 4.99 Å². The van der Waals surface area contributed by atoms with Crippen molar-refractivity contribution in [2.45, 2.75) is 37.8 Å². The fourth-order valence-corrected chi connectivity index (χ4v) is 3.74. The molecule has 120 valence electrons. The van der Waals surface area contributed by atoms with Crippen LogP contribution in [0.1, 0.15) is 32.1 Å². The minimum Gasteiger partial charge on any atom is -0.369 e. The third-order valence-corrected chi connectivity index (χ3v) is 4.71. The number of halogens is 1. The SMILES string of the molecule is NC1=NC2(CCCCC2)N(c2cc(F)c3[nH]ccc3c2)C(N)=N1. The zero-order valence-electron chi connectivity index (χ0n) is 12.7. The minimum atomic E-state index is -0.551. The second-order valence-corrected chi connectivity index (χ2v) is 6.19. The lowest BCUT2D eigenvalue weighted by atomic mass is 9.87. The van der Waals surface area contributed by atoms with Gasteiger partial charge in [0.2, 0.25) is 11.9 Å². The van der Waals surface area contributed by atoms with Crippen molar-refractivity contribution in [1.82, 2.24) is 4.98 Å². The number of aromatic nitrogens is 1. The van der Waals surface area contributed by atoms with E-state index in [-0.39, 0.29) is 17.7 Å². The summed E-state index contributed by atoms with van der Waals surface area (Å²) < 4.78 is 14.4. The molecule has 1 saturated carbocycles. The first-order valence-electron chi connectivity index (χ1n) is 7.85. The van der Waals surface area contributed by atoms with Gasteiger partial charge in [-0.25, -0.2) is 9.38 Å². The Morgan fingerprint density at radius 3 is 2.74 bits per heavy atom. The van der Waals surface area contributed by atoms with Gasteiger partial charge in [-0.15, -0.1) is 0 Å². The first-order valence-corrected chi connectivity index (χ1v) is 7.85. The van der Waals surface area contributed by atoms with E-state index in [2.05, 4.69) is 15.0 Å². The maximum Gasteiger partial charge on any atom is 0.220 e. The quantitative estimate of drug-likeness (QED) is 0.754. The highest BCUT2D eigenvalue weighted by Crippen LogP contribution is 2.40. The third kappa shape index (κ3) is 2.15. The number of aromatic amines is 1. The lowest BCUT2D eigenvalue weighted by Gasteiger charge is -2.45. The van der Waals surface area contributed by atoms with E-state index in [4.69, 9.17) is 11.5 Å². The molecule has 5 N–H and O–H groups in total. The summed E-state index contributed by atoms with van der Waals surface area (Å²) in [5, 5.41) is 0.793. The number of rotatable bonds is 1. The Bertz CT molecular complexity index is 815. The molecule has 1 aliphatic heterocycles. The highest BCUT2D eigenvalue weighted by molar-refractivity contribution is 6.06. The number of fused-ring (bicyclic) bond motifs is 1. The third-order valence-electron chi connectivity index (χ3n) is 4.71. The van der Waals surface area contributed by atoms with E-state index in [0.29, 0.717) is 11.2 Å². The highest BCUT2D eigenvalue weighted by Gasteiger charge is 2.42. The molecule has 0 bridgehead atoms. The number of nitrogens with two attached hydrogens (primary N) is 2. The maximum absolute atomic E-state index is 14.4. The number of guanidine groups is 2. The van der Waals surface area contributed by atoms with Crippen LogP contribution in [0.2, 0.25) is 0 Å². The van der Waals surface area contributed by atoms with Crippen molar-refractivity contribution in [2.24, 2.45) is 21.5 Å². The molecule has 0 unspecified atom stereocenters. The Hall–Kier alpha value is -2.57. The van der Waals surface area contributed by atoms with Crippen molar-refractivity contribution in [2.75, 3.05) is 4.90 Å². The molecule has 0 saturated heterocycles. The molecule has 1 aromatic heterocycles. The summed E-state index contributed by atoms with van der Waals surface area (Å²) in [6.07, 6.45) is 6.61. The maximum atomic E-state index is 14.4. The molecule has 2 aliphatic rings. The van der Waals surface area contributed by atoms with Crippen LogP contribution in [0.4, 0.5) is 10.1 Å². The van der Waals surface area contributed by atoms with Crippen LogP contribution in [0.5, 0.6) is 0 Å². The number of nitrogens with zero attached hydrogens (tertiary/aromatic N) is 3. The van der Waals surface area contributed by atoms with Crippen LogP contribution < -0.4 is 16.4 Å². The molecule has 4 rings (SSSR count). The predicted molar refractivity (Wildman–Crippen MR) is 89.8 cm³/mol. The molecule has 1 fully saturated rings. The number of hydrogen-bond acceptors (Lipinski definition) is 5. The van der Waals surface area contributed by atoms with E-state index >= 15 is 0 Å². The number of benzene rings is 1. The van der Waals surface area contributed by atoms with Gasteiger partial charge in [0.15, 0.2) is 0 Å². The molecule has 0 amide bonds. The topological polar surface area (TPSA) is 95.8 Å². The van der Waals surface area contributed by atoms with Crippen molar-refractivity contribution >= 4 is 28.5 Å². The number of hydrogen-bond donors (Lipinski definition) is 3. The molecule has 1 aliphatic carbocycles. The highest BCUT2D eigenvalue weighted by atomic mass is 19.1. The summed E-state index contributed by atoms with van der Waals surface area (Å²) >= 11 is 0. The van der Waals surface area contributed by atoms with Crippen LogP contribution >= 0.6 is 0 Å². The second-order valence-electron chi connectivity index (χ2n) is 6.19. The van der Waals surface area contributed by atoms with E-state index in [1.54, 1.807) is 6.20 Å². The normalized spacial score (nSPS) is 20.7. The molecule has 1 aromatic carbocycles. The Morgan fingerprint density at radius 2 is 1.96 bits per heavy atom. The summed E-state index contributed by atoms with van der Waals surface area (Å²) in [5.41, 5.74) is 12.6. The molecule has 6 nitrogen and oxygen atoms in total. The molecule has 0 radical (unpaired) electrons. The van der Waals surface area contributed by atoms with Crippen LogP contribution in [0.25, 0.3) is 10.9 Å². The summed E-state index contributed by atoms with van der Waals surface area (Å²) in [6.45, 7) is 0. The second kappa shape index (κ2) is 4.97. The van der Waals surface area contributed by atoms with Gasteiger partial charge < -0.3 is 16.5 Å². The monoisotopic (exact) mass is 314 g/mol. The summed E-state index contributed by atoms with van der Waals surface area (Å²) in [7, 11) is 0. The number of H-pyrrole nitrogens is 1. The number of anilines is 1. The van der Waals surface area contributed by atoms with Gasteiger partial charge in [0.1, 0.15) is 11.5 Å². The number of aliphatic imine (C=N–C) groups is 2. The van der Waals surface area contributed by atoms with Gasteiger partial charge in [-0.3, -0.25) is 4.90 Å². The van der Waals surface area contributed by atoms with E-state index in [1.165, 1.54) is 6.07 Å². The van der Waals surface area contributed by atoms with Crippen molar-refractivity contribution in [3.8, 4) is 0 Å². The van der Waals surface area contributed by atoms with Crippen LogP contribution in [0, 0.1) is 5.82 Å². The van der Waals surface area contributed by atoms with Crippen molar-refractivity contribution in [1.29, 1.82) is 0 Å². The van der Waals surface area contributed by atoms with Gasteiger partial charge in [-0.05, 0) is 43.9 Å². The average molecular weight is 314 g/mol. The van der Waals surface area contributed by atoms with E-state index in [9.17, 15) is 4.39 Å². The summed E-state index contributed by atoms with van der Waals surface area (Å²) in [5.74, 6) is 0.154. The molecule has 2 aromatic rings. The molecular weight excluding hydrogens is 295 g/mol. The van der Waals surface area contributed by atoms with E-state index < -0.39 is 5.66 Å². The molecule has 23 heavy (non-hydrogen) atoms. The van der Waals surface area contributed by atoms with Gasteiger partial charge in [0.25, 0.3) is 0 Å². The Balaban J connectivity index is 1.87. The lowest BCUT2D eigenvalue weighted by Crippen LogP contribution is -2.58. The fourth-order valence-electron chi connectivity index (χ4n) is 3.74. The van der Waals surface area contributed by atoms with Gasteiger partial charge in [0, 0.05) is 17.3 Å². The molecule has 0 atom stereocenters. The first-order chi connectivity index (χ1) is 11.1. The molecule has 1 spiro atoms. The van der Waals surface area contributed by atoms with Crippen molar-refractivity contribution < 1.29 is 4.39 Å². The lowest BCUT2D eigenvalue weighted by molar-refractivity contribution is 0.305. The molecule has 7 heteroatoms.